The predicted octanol–water partition coefficient (Wildman–Crippen LogP) is 5.16. The Labute approximate surface area is 128 Å². The number of nitrogens with one attached hydrogen (secondary N) is 1. The van der Waals surface area contributed by atoms with E-state index in [4.69, 9.17) is 0 Å². The summed E-state index contributed by atoms with van der Waals surface area (Å²) in [7, 11) is 0. The molecule has 5 heteroatoms. The first-order valence-corrected chi connectivity index (χ1v) is 8.54. The second-order valence-electron chi connectivity index (χ2n) is 4.46. The van der Waals surface area contributed by atoms with E-state index in [1.54, 1.807) is 22.7 Å². The van der Waals surface area contributed by atoms with Gasteiger partial charge in [0.1, 0.15) is 0 Å². The third-order valence-electron chi connectivity index (χ3n) is 2.81. The molecule has 2 aromatic heterocycles. The van der Waals surface area contributed by atoms with Crippen molar-refractivity contribution < 1.29 is 0 Å². The predicted molar refractivity (Wildman–Crippen MR) is 88.4 cm³/mol. The maximum absolute atomic E-state index is 4.61. The Morgan fingerprint density at radius 1 is 1.37 bits per heavy atom. The molecule has 1 N–H and O–H groups in total. The topological polar surface area (TPSA) is 24.9 Å². The number of anilines is 1. The number of halogens is 1. The molecule has 19 heavy (non-hydrogen) atoms. The number of aromatic nitrogens is 1. The molecule has 0 spiro atoms. The number of rotatable bonds is 4. The molecule has 2 heterocycles. The third-order valence-corrected chi connectivity index (χ3v) is 5.15. The lowest BCUT2D eigenvalue weighted by Gasteiger charge is -2.11. The van der Waals surface area contributed by atoms with Crippen molar-refractivity contribution >= 4 is 54.0 Å². The molecule has 1 atom stereocenters. The Hall–Kier alpha value is -0.910. The van der Waals surface area contributed by atoms with Gasteiger partial charge in [-0.1, -0.05) is 33.3 Å². The Bertz CT molecular complexity index is 676. The highest BCUT2D eigenvalue weighted by atomic mass is 79.9. The van der Waals surface area contributed by atoms with Crippen molar-refractivity contribution in [1.82, 2.24) is 4.98 Å². The smallest absolute Gasteiger partial charge is 0.184 e. The fraction of sp³-hybridized carbons (Fsp3) is 0.214. The monoisotopic (exact) mass is 352 g/mol. The van der Waals surface area contributed by atoms with E-state index in [0.717, 1.165) is 21.5 Å². The maximum Gasteiger partial charge on any atom is 0.184 e. The zero-order valence-electron chi connectivity index (χ0n) is 10.4. The summed E-state index contributed by atoms with van der Waals surface area (Å²) in [6, 6.07) is 10.9. The summed E-state index contributed by atoms with van der Waals surface area (Å²) < 4.78 is 2.31. The first-order chi connectivity index (χ1) is 9.20. The van der Waals surface area contributed by atoms with Gasteiger partial charge in [-0.2, -0.15) is 0 Å². The molecule has 0 aliphatic heterocycles. The van der Waals surface area contributed by atoms with Gasteiger partial charge in [-0.25, -0.2) is 4.98 Å². The zero-order chi connectivity index (χ0) is 13.2. The van der Waals surface area contributed by atoms with Crippen LogP contribution >= 0.6 is 38.6 Å². The lowest BCUT2D eigenvalue weighted by atomic mass is 10.2. The van der Waals surface area contributed by atoms with Crippen molar-refractivity contribution in [2.45, 2.75) is 19.4 Å². The van der Waals surface area contributed by atoms with Crippen LogP contribution in [0.4, 0.5) is 5.13 Å². The molecule has 0 saturated heterocycles. The quantitative estimate of drug-likeness (QED) is 0.700. The van der Waals surface area contributed by atoms with Crippen molar-refractivity contribution in [1.29, 1.82) is 0 Å². The molecule has 1 unspecified atom stereocenters. The fourth-order valence-corrected chi connectivity index (χ4v) is 4.32. The van der Waals surface area contributed by atoms with Crippen molar-refractivity contribution in [3.63, 3.8) is 0 Å². The van der Waals surface area contributed by atoms with Gasteiger partial charge in [0.2, 0.25) is 0 Å². The molecular weight excluding hydrogens is 340 g/mol. The Morgan fingerprint density at radius 2 is 2.26 bits per heavy atom. The SMILES string of the molecule is CC(Cc1cccs1)Nc1nc2ccc(Br)cc2s1. The number of benzene rings is 1. The van der Waals surface area contributed by atoms with Crippen LogP contribution in [-0.4, -0.2) is 11.0 Å². The van der Waals surface area contributed by atoms with Crippen molar-refractivity contribution in [3.8, 4) is 0 Å². The molecule has 2 nitrogen and oxygen atoms in total. The van der Waals surface area contributed by atoms with Gasteiger partial charge in [0.25, 0.3) is 0 Å². The minimum atomic E-state index is 0.391. The molecule has 3 rings (SSSR count). The average Bonchev–Trinajstić information content (AvgIpc) is 2.97. The van der Waals surface area contributed by atoms with E-state index < -0.39 is 0 Å². The van der Waals surface area contributed by atoms with E-state index in [9.17, 15) is 0 Å². The number of nitrogens with zero attached hydrogens (tertiary/aromatic N) is 1. The largest absolute Gasteiger partial charge is 0.359 e. The molecule has 0 saturated carbocycles. The van der Waals surface area contributed by atoms with Crippen LogP contribution in [0.1, 0.15) is 11.8 Å². The van der Waals surface area contributed by atoms with Gasteiger partial charge in [0.05, 0.1) is 10.2 Å². The summed E-state index contributed by atoms with van der Waals surface area (Å²) in [5, 5.41) is 6.61. The Kier molecular flexibility index (Phi) is 3.86. The van der Waals surface area contributed by atoms with Crippen LogP contribution in [-0.2, 0) is 6.42 Å². The van der Waals surface area contributed by atoms with Crippen molar-refractivity contribution in [2.75, 3.05) is 5.32 Å². The lowest BCUT2D eigenvalue weighted by Crippen LogP contribution is -2.17. The van der Waals surface area contributed by atoms with Gasteiger partial charge in [0, 0.05) is 21.8 Å². The van der Waals surface area contributed by atoms with Crippen LogP contribution < -0.4 is 5.32 Å². The van der Waals surface area contributed by atoms with Crippen LogP contribution in [0.25, 0.3) is 10.2 Å². The standard InChI is InChI=1S/C14H13BrN2S2/c1-9(7-11-3-2-6-18-11)16-14-17-12-5-4-10(15)8-13(12)19-14/h2-6,8-9H,7H2,1H3,(H,16,17). The molecule has 3 aromatic rings. The first-order valence-electron chi connectivity index (χ1n) is 6.06. The molecule has 0 radical (unpaired) electrons. The van der Waals surface area contributed by atoms with Gasteiger partial charge in [-0.3, -0.25) is 0 Å². The number of hydrogen-bond acceptors (Lipinski definition) is 4. The summed E-state index contributed by atoms with van der Waals surface area (Å²) in [6.45, 7) is 2.20. The van der Waals surface area contributed by atoms with E-state index in [1.165, 1.54) is 9.58 Å². The van der Waals surface area contributed by atoms with E-state index in [1.807, 2.05) is 12.1 Å². The second kappa shape index (κ2) is 5.61. The number of thiophene rings is 1. The summed E-state index contributed by atoms with van der Waals surface area (Å²) >= 11 is 7.00. The van der Waals surface area contributed by atoms with Gasteiger partial charge in [-0.15, -0.1) is 11.3 Å². The highest BCUT2D eigenvalue weighted by molar-refractivity contribution is 9.10. The van der Waals surface area contributed by atoms with Crippen molar-refractivity contribution in [2.24, 2.45) is 0 Å². The zero-order valence-corrected chi connectivity index (χ0v) is 13.6. The molecule has 0 bridgehead atoms. The van der Waals surface area contributed by atoms with Gasteiger partial charge in [-0.05, 0) is 36.6 Å². The molecule has 1 aromatic carbocycles. The average molecular weight is 353 g/mol. The van der Waals surface area contributed by atoms with Gasteiger partial charge in [0.15, 0.2) is 5.13 Å². The van der Waals surface area contributed by atoms with Crippen molar-refractivity contribution in [3.05, 3.63) is 45.1 Å². The summed E-state index contributed by atoms with van der Waals surface area (Å²) in [5.41, 5.74) is 1.05. The Balaban J connectivity index is 1.74. The molecule has 0 aliphatic rings. The third kappa shape index (κ3) is 3.16. The molecular formula is C14H13BrN2S2. The summed E-state index contributed by atoms with van der Waals surface area (Å²) in [5.74, 6) is 0. The highest BCUT2D eigenvalue weighted by Crippen LogP contribution is 2.29. The number of thiazole rings is 1. The molecule has 0 aliphatic carbocycles. The Morgan fingerprint density at radius 3 is 3.05 bits per heavy atom. The van der Waals surface area contributed by atoms with E-state index in [0.29, 0.717) is 6.04 Å². The second-order valence-corrected chi connectivity index (χ2v) is 7.44. The minimum Gasteiger partial charge on any atom is -0.359 e. The normalized spacial score (nSPS) is 12.7. The fourth-order valence-electron chi connectivity index (χ4n) is 1.95. The summed E-state index contributed by atoms with van der Waals surface area (Å²) in [4.78, 5) is 6.02. The number of hydrogen-bond donors (Lipinski definition) is 1. The van der Waals surface area contributed by atoms with Crippen LogP contribution in [0.3, 0.4) is 0 Å². The van der Waals surface area contributed by atoms with E-state index in [-0.39, 0.29) is 0 Å². The van der Waals surface area contributed by atoms with Crippen LogP contribution in [0, 0.1) is 0 Å². The van der Waals surface area contributed by atoms with E-state index >= 15 is 0 Å². The highest BCUT2D eigenvalue weighted by Gasteiger charge is 2.08. The number of fused-ring (bicyclic) bond motifs is 1. The lowest BCUT2D eigenvalue weighted by molar-refractivity contribution is 0.799. The van der Waals surface area contributed by atoms with Crippen LogP contribution in [0.15, 0.2) is 40.2 Å². The molecule has 98 valence electrons. The minimum absolute atomic E-state index is 0.391. The maximum atomic E-state index is 4.61. The summed E-state index contributed by atoms with van der Waals surface area (Å²) in [6.07, 6.45) is 1.04. The van der Waals surface area contributed by atoms with Crippen LogP contribution in [0.5, 0.6) is 0 Å². The molecule has 0 amide bonds. The molecule has 0 fully saturated rings. The van der Waals surface area contributed by atoms with E-state index in [2.05, 4.69) is 56.7 Å². The van der Waals surface area contributed by atoms with Gasteiger partial charge < -0.3 is 5.32 Å². The van der Waals surface area contributed by atoms with Crippen LogP contribution in [0.2, 0.25) is 0 Å². The van der Waals surface area contributed by atoms with Gasteiger partial charge >= 0.3 is 0 Å². The first kappa shape index (κ1) is 13.1.